The number of rotatable bonds is 8. The predicted molar refractivity (Wildman–Crippen MR) is 107 cm³/mol. The lowest BCUT2D eigenvalue weighted by Crippen LogP contribution is -2.31. The zero-order valence-corrected chi connectivity index (χ0v) is 16.2. The molecule has 2 aromatic rings. The third-order valence-electron chi connectivity index (χ3n) is 4.29. The molecule has 4 nitrogen and oxygen atoms in total. The summed E-state index contributed by atoms with van der Waals surface area (Å²) in [6.45, 7) is -0.733. The Hall–Kier alpha value is -2.42. The standard InChI is InChI=1S/C22H24O4S/c1-27(25,26)22(21(24)17-23)10-6-5-9-19-12-15-20(16-13-19)14-11-18-7-3-2-4-8-18/h2-4,7-8,12-13,15-16,22-23H,5-6,9-10,17H2,1H3. The Morgan fingerprint density at radius 2 is 1.56 bits per heavy atom. The van der Waals surface area contributed by atoms with E-state index in [4.69, 9.17) is 5.11 Å². The highest BCUT2D eigenvalue weighted by molar-refractivity contribution is 7.92. The normalized spacial score (nSPS) is 12.1. The summed E-state index contributed by atoms with van der Waals surface area (Å²) in [6, 6.07) is 17.8. The van der Waals surface area contributed by atoms with Gasteiger partial charge in [0.15, 0.2) is 15.6 Å². The van der Waals surface area contributed by atoms with E-state index in [0.29, 0.717) is 6.42 Å². The number of sulfone groups is 1. The van der Waals surface area contributed by atoms with Crippen molar-refractivity contribution >= 4 is 15.6 Å². The van der Waals surface area contributed by atoms with Crippen LogP contribution in [0.25, 0.3) is 0 Å². The van der Waals surface area contributed by atoms with E-state index in [2.05, 4.69) is 11.8 Å². The molecule has 27 heavy (non-hydrogen) atoms. The third kappa shape index (κ3) is 7.01. The van der Waals surface area contributed by atoms with Crippen molar-refractivity contribution in [2.24, 2.45) is 0 Å². The van der Waals surface area contributed by atoms with Gasteiger partial charge in [-0.05, 0) is 49.1 Å². The van der Waals surface area contributed by atoms with Gasteiger partial charge in [0.2, 0.25) is 0 Å². The molecule has 0 spiro atoms. The Kier molecular flexibility index (Phi) is 7.78. The molecule has 0 radical (unpaired) electrons. The smallest absolute Gasteiger partial charge is 0.176 e. The summed E-state index contributed by atoms with van der Waals surface area (Å²) in [6.07, 6.45) is 3.48. The Morgan fingerprint density at radius 1 is 0.963 bits per heavy atom. The fourth-order valence-corrected chi connectivity index (χ4v) is 3.94. The van der Waals surface area contributed by atoms with Crippen molar-refractivity contribution in [3.63, 3.8) is 0 Å². The van der Waals surface area contributed by atoms with Crippen molar-refractivity contribution in [1.82, 2.24) is 0 Å². The van der Waals surface area contributed by atoms with Gasteiger partial charge in [-0.15, -0.1) is 0 Å². The van der Waals surface area contributed by atoms with Crippen molar-refractivity contribution in [2.45, 2.75) is 30.9 Å². The van der Waals surface area contributed by atoms with Crippen molar-refractivity contribution in [3.8, 4) is 11.8 Å². The molecule has 0 saturated heterocycles. The lowest BCUT2D eigenvalue weighted by atomic mass is 10.0. The number of unbranched alkanes of at least 4 members (excludes halogenated alkanes) is 1. The summed E-state index contributed by atoms with van der Waals surface area (Å²) in [5.41, 5.74) is 3.05. The van der Waals surface area contributed by atoms with E-state index in [1.54, 1.807) is 0 Å². The van der Waals surface area contributed by atoms with Gasteiger partial charge in [0.25, 0.3) is 0 Å². The molecule has 0 aromatic heterocycles. The monoisotopic (exact) mass is 384 g/mol. The number of carbonyl (C=O) groups is 1. The number of hydrogen-bond donors (Lipinski definition) is 1. The molecule has 1 N–H and O–H groups in total. The van der Waals surface area contributed by atoms with E-state index in [0.717, 1.165) is 35.8 Å². The Bertz CT molecular complexity index is 904. The summed E-state index contributed by atoms with van der Waals surface area (Å²) in [5, 5.41) is 7.82. The highest BCUT2D eigenvalue weighted by Gasteiger charge is 2.27. The minimum atomic E-state index is -3.48. The Labute approximate surface area is 161 Å². The first-order valence-electron chi connectivity index (χ1n) is 8.88. The van der Waals surface area contributed by atoms with E-state index in [1.807, 2.05) is 54.6 Å². The van der Waals surface area contributed by atoms with Crippen LogP contribution in [0.5, 0.6) is 0 Å². The van der Waals surface area contributed by atoms with Crippen LogP contribution in [0.2, 0.25) is 0 Å². The first-order valence-corrected chi connectivity index (χ1v) is 10.8. The van der Waals surface area contributed by atoms with Crippen molar-refractivity contribution < 1.29 is 18.3 Å². The number of hydrogen-bond acceptors (Lipinski definition) is 4. The largest absolute Gasteiger partial charge is 0.389 e. The zero-order valence-electron chi connectivity index (χ0n) is 15.4. The maximum Gasteiger partial charge on any atom is 0.176 e. The third-order valence-corrected chi connectivity index (χ3v) is 5.82. The maximum absolute atomic E-state index is 11.7. The Morgan fingerprint density at radius 3 is 2.11 bits per heavy atom. The molecule has 0 bridgehead atoms. The number of benzene rings is 2. The molecule has 0 aliphatic carbocycles. The maximum atomic E-state index is 11.7. The highest BCUT2D eigenvalue weighted by atomic mass is 32.2. The van der Waals surface area contributed by atoms with E-state index in [-0.39, 0.29) is 6.42 Å². The minimum Gasteiger partial charge on any atom is -0.389 e. The van der Waals surface area contributed by atoms with Crippen LogP contribution in [-0.2, 0) is 21.1 Å². The molecule has 0 aliphatic heterocycles. The number of carbonyl (C=O) groups excluding carboxylic acids is 1. The lowest BCUT2D eigenvalue weighted by Gasteiger charge is -2.12. The van der Waals surface area contributed by atoms with Gasteiger partial charge in [0, 0.05) is 17.4 Å². The SMILES string of the molecule is CS(=O)(=O)C(CCCCc1ccc(C#Cc2ccccc2)cc1)C(=O)CO. The van der Waals surface area contributed by atoms with Gasteiger partial charge in [-0.25, -0.2) is 8.42 Å². The van der Waals surface area contributed by atoms with E-state index in [9.17, 15) is 13.2 Å². The van der Waals surface area contributed by atoms with Crippen LogP contribution in [-0.4, -0.2) is 37.4 Å². The minimum absolute atomic E-state index is 0.249. The van der Waals surface area contributed by atoms with Gasteiger partial charge in [-0.2, -0.15) is 0 Å². The van der Waals surface area contributed by atoms with Crippen molar-refractivity contribution in [3.05, 3.63) is 71.3 Å². The van der Waals surface area contributed by atoms with Crippen LogP contribution < -0.4 is 0 Å². The molecule has 0 heterocycles. The van der Waals surface area contributed by atoms with Crippen LogP contribution in [0.15, 0.2) is 54.6 Å². The fourth-order valence-electron chi connectivity index (χ4n) is 2.80. The van der Waals surface area contributed by atoms with E-state index < -0.39 is 27.5 Å². The summed E-state index contributed by atoms with van der Waals surface area (Å²) in [7, 11) is -3.48. The number of Topliss-reactive ketones (excluding diaryl/α,β-unsaturated/α-hetero) is 1. The fraction of sp³-hybridized carbons (Fsp3) is 0.318. The summed E-state index contributed by atoms with van der Waals surface area (Å²) in [4.78, 5) is 11.6. The highest BCUT2D eigenvalue weighted by Crippen LogP contribution is 2.14. The van der Waals surface area contributed by atoms with Gasteiger partial charge >= 0.3 is 0 Å². The summed E-state index contributed by atoms with van der Waals surface area (Å²) >= 11 is 0. The molecule has 1 unspecified atom stereocenters. The van der Waals surface area contributed by atoms with Crippen LogP contribution in [0.4, 0.5) is 0 Å². The zero-order chi connectivity index (χ0) is 19.7. The molecule has 1 atom stereocenters. The number of aryl methyl sites for hydroxylation is 1. The van der Waals surface area contributed by atoms with Gasteiger partial charge < -0.3 is 5.11 Å². The Balaban J connectivity index is 1.85. The van der Waals surface area contributed by atoms with Gasteiger partial charge in [-0.1, -0.05) is 48.6 Å². The number of ketones is 1. The number of aliphatic hydroxyl groups excluding tert-OH is 1. The molecule has 0 amide bonds. The van der Waals surface area contributed by atoms with Gasteiger partial charge in [-0.3, -0.25) is 4.79 Å². The molecule has 0 fully saturated rings. The predicted octanol–water partition coefficient (Wildman–Crippen LogP) is 2.77. The van der Waals surface area contributed by atoms with Gasteiger partial charge in [0.1, 0.15) is 11.9 Å². The average molecular weight is 384 g/mol. The second-order valence-electron chi connectivity index (χ2n) is 6.50. The average Bonchev–Trinajstić information content (AvgIpc) is 2.66. The van der Waals surface area contributed by atoms with Crippen molar-refractivity contribution in [1.29, 1.82) is 0 Å². The van der Waals surface area contributed by atoms with E-state index in [1.165, 1.54) is 0 Å². The first kappa shape index (κ1) is 20.9. The molecule has 0 saturated carbocycles. The second-order valence-corrected chi connectivity index (χ2v) is 8.73. The molecular formula is C22H24O4S. The first-order chi connectivity index (χ1) is 12.9. The lowest BCUT2D eigenvalue weighted by molar-refractivity contribution is -0.121. The second kappa shape index (κ2) is 10.1. The molecule has 142 valence electrons. The molecule has 2 aromatic carbocycles. The molecule has 2 rings (SSSR count). The van der Waals surface area contributed by atoms with Gasteiger partial charge in [0.05, 0.1) is 0 Å². The quantitative estimate of drug-likeness (QED) is 0.561. The number of aliphatic hydroxyl groups is 1. The topological polar surface area (TPSA) is 71.4 Å². The molecular weight excluding hydrogens is 360 g/mol. The van der Waals surface area contributed by atoms with Crippen LogP contribution in [0, 0.1) is 11.8 Å². The van der Waals surface area contributed by atoms with Crippen LogP contribution in [0.3, 0.4) is 0 Å². The molecule has 5 heteroatoms. The van der Waals surface area contributed by atoms with Crippen LogP contribution >= 0.6 is 0 Å². The summed E-state index contributed by atoms with van der Waals surface area (Å²) in [5.74, 6) is 5.62. The van der Waals surface area contributed by atoms with Crippen LogP contribution in [0.1, 0.15) is 36.0 Å². The summed E-state index contributed by atoms with van der Waals surface area (Å²) < 4.78 is 23.3. The van der Waals surface area contributed by atoms with E-state index >= 15 is 0 Å². The molecule has 0 aliphatic rings. The van der Waals surface area contributed by atoms with Crippen molar-refractivity contribution in [2.75, 3.05) is 12.9 Å².